The van der Waals surface area contributed by atoms with Crippen molar-refractivity contribution >= 4 is 50.1 Å². The minimum Gasteiger partial charge on any atom is -0.462 e. The quantitative estimate of drug-likeness (QED) is 0.382. The zero-order valence-electron chi connectivity index (χ0n) is 19.8. The van der Waals surface area contributed by atoms with E-state index in [1.54, 1.807) is 38.1 Å². The maximum Gasteiger partial charge on any atom is 0.359 e. The molecule has 0 radical (unpaired) electrons. The summed E-state index contributed by atoms with van der Waals surface area (Å²) in [5, 5.41) is 5.65. The van der Waals surface area contributed by atoms with Crippen LogP contribution in [0.3, 0.4) is 0 Å². The van der Waals surface area contributed by atoms with Crippen LogP contribution in [0.1, 0.15) is 52.3 Å². The van der Waals surface area contributed by atoms with Gasteiger partial charge in [0, 0.05) is 11.9 Å². The molecule has 2 N–H and O–H groups in total. The van der Waals surface area contributed by atoms with E-state index in [2.05, 4.69) is 15.1 Å². The van der Waals surface area contributed by atoms with Gasteiger partial charge in [-0.2, -0.15) is 5.10 Å². The standard InChI is InChI=1S/C24H25N5O5S/c1-5-33-24(32)19-13(4)17-20(25)26-16(27-21(17)35-19)11-34-23(31)18-14-8-6-7-9-15(14)22(30)29(28-18)10-12(2)3/h6-9,12H,5,10-11H2,1-4H3,(H2,25,26,27). The summed E-state index contributed by atoms with van der Waals surface area (Å²) in [5.41, 5.74) is 6.55. The van der Waals surface area contributed by atoms with Gasteiger partial charge in [0.15, 0.2) is 18.1 Å². The topological polar surface area (TPSA) is 139 Å². The molecule has 10 nitrogen and oxygen atoms in total. The number of nitrogens with two attached hydrogens (primary N) is 1. The molecule has 0 aliphatic carbocycles. The van der Waals surface area contributed by atoms with Crippen molar-refractivity contribution in [3.8, 4) is 0 Å². The van der Waals surface area contributed by atoms with Crippen LogP contribution in [0.5, 0.6) is 0 Å². The van der Waals surface area contributed by atoms with Gasteiger partial charge >= 0.3 is 11.9 Å². The predicted octanol–water partition coefficient (Wildman–Crippen LogP) is 3.48. The average Bonchev–Trinajstić information content (AvgIpc) is 3.16. The number of hydrogen-bond donors (Lipinski definition) is 1. The largest absolute Gasteiger partial charge is 0.462 e. The van der Waals surface area contributed by atoms with Crippen molar-refractivity contribution in [2.75, 3.05) is 12.3 Å². The number of hydrogen-bond acceptors (Lipinski definition) is 10. The van der Waals surface area contributed by atoms with Crippen molar-refractivity contribution in [1.82, 2.24) is 19.7 Å². The van der Waals surface area contributed by atoms with Gasteiger partial charge in [0.1, 0.15) is 15.5 Å². The molecule has 0 aliphatic heterocycles. The smallest absolute Gasteiger partial charge is 0.359 e. The Balaban J connectivity index is 1.64. The number of carbonyl (C=O) groups is 2. The lowest BCUT2D eigenvalue weighted by molar-refractivity contribution is 0.0454. The van der Waals surface area contributed by atoms with E-state index in [4.69, 9.17) is 15.2 Å². The van der Waals surface area contributed by atoms with Crippen LogP contribution in [-0.2, 0) is 22.6 Å². The molecule has 4 rings (SSSR count). The third kappa shape index (κ3) is 4.72. The first-order valence-electron chi connectivity index (χ1n) is 11.1. The van der Waals surface area contributed by atoms with Gasteiger partial charge in [-0.05, 0) is 31.4 Å². The van der Waals surface area contributed by atoms with Crippen molar-refractivity contribution in [2.24, 2.45) is 5.92 Å². The van der Waals surface area contributed by atoms with Crippen LogP contribution in [0, 0.1) is 12.8 Å². The number of esters is 2. The molecule has 0 unspecified atom stereocenters. The molecule has 0 fully saturated rings. The fourth-order valence-corrected chi connectivity index (χ4v) is 4.83. The summed E-state index contributed by atoms with van der Waals surface area (Å²) in [5.74, 6) is -0.647. The molecule has 0 bridgehead atoms. The highest BCUT2D eigenvalue weighted by Gasteiger charge is 2.22. The Labute approximate surface area is 204 Å². The highest BCUT2D eigenvalue weighted by molar-refractivity contribution is 7.20. The Morgan fingerprint density at radius 3 is 2.51 bits per heavy atom. The number of rotatable bonds is 7. The molecule has 4 aromatic rings. The summed E-state index contributed by atoms with van der Waals surface area (Å²) in [7, 11) is 0. The maximum atomic E-state index is 13.0. The van der Waals surface area contributed by atoms with Crippen LogP contribution in [-0.4, -0.2) is 38.3 Å². The van der Waals surface area contributed by atoms with Gasteiger partial charge in [-0.15, -0.1) is 11.3 Å². The number of aromatic nitrogens is 4. The third-order valence-electron chi connectivity index (χ3n) is 5.26. The molecule has 0 aliphatic rings. The van der Waals surface area contributed by atoms with Crippen LogP contribution in [0.4, 0.5) is 5.82 Å². The second kappa shape index (κ2) is 9.79. The maximum absolute atomic E-state index is 13.0. The fourth-order valence-electron chi connectivity index (χ4n) is 3.73. The Hall–Kier alpha value is -3.86. The minimum absolute atomic E-state index is 0.0338. The first-order valence-corrected chi connectivity index (χ1v) is 11.9. The number of nitrogens with zero attached hydrogens (tertiary/aromatic N) is 4. The summed E-state index contributed by atoms with van der Waals surface area (Å²) in [6.07, 6.45) is 0. The van der Waals surface area contributed by atoms with Crippen molar-refractivity contribution in [3.05, 3.63) is 56.6 Å². The lowest BCUT2D eigenvalue weighted by Gasteiger charge is -2.12. The number of anilines is 1. The molecular formula is C24H25N5O5S. The molecule has 0 atom stereocenters. The van der Waals surface area contributed by atoms with Crippen LogP contribution in [0.15, 0.2) is 29.1 Å². The molecule has 11 heteroatoms. The summed E-state index contributed by atoms with van der Waals surface area (Å²) in [6.45, 7) is 7.76. The fraction of sp³-hybridized carbons (Fsp3) is 0.333. The van der Waals surface area contributed by atoms with Crippen LogP contribution < -0.4 is 11.3 Å². The minimum atomic E-state index is -0.712. The molecular weight excluding hydrogens is 470 g/mol. The molecule has 182 valence electrons. The number of nitrogen functional groups attached to an aromatic ring is 1. The Bertz CT molecular complexity index is 1510. The predicted molar refractivity (Wildman–Crippen MR) is 132 cm³/mol. The molecule has 3 heterocycles. The van der Waals surface area contributed by atoms with E-state index in [-0.39, 0.29) is 42.0 Å². The van der Waals surface area contributed by atoms with Gasteiger partial charge in [0.2, 0.25) is 0 Å². The van der Waals surface area contributed by atoms with Crippen LogP contribution in [0.25, 0.3) is 21.0 Å². The van der Waals surface area contributed by atoms with Gasteiger partial charge in [0.25, 0.3) is 5.56 Å². The first-order chi connectivity index (χ1) is 16.7. The number of carbonyl (C=O) groups excluding carboxylic acids is 2. The van der Waals surface area contributed by atoms with Gasteiger partial charge in [0.05, 0.1) is 17.4 Å². The number of thiophene rings is 1. The van der Waals surface area contributed by atoms with Crippen molar-refractivity contribution in [3.63, 3.8) is 0 Å². The summed E-state index contributed by atoms with van der Waals surface area (Å²) in [4.78, 5) is 47.6. The molecule has 0 saturated carbocycles. The molecule has 0 saturated heterocycles. The van der Waals surface area contributed by atoms with E-state index in [0.717, 1.165) is 11.3 Å². The number of ether oxygens (including phenoxy) is 2. The van der Waals surface area contributed by atoms with Gasteiger partial charge < -0.3 is 15.2 Å². The lowest BCUT2D eigenvalue weighted by atomic mass is 10.1. The second-order valence-electron chi connectivity index (χ2n) is 8.33. The number of aryl methyl sites for hydroxylation is 1. The summed E-state index contributed by atoms with van der Waals surface area (Å²) in [6, 6.07) is 6.78. The zero-order chi connectivity index (χ0) is 25.3. The highest BCUT2D eigenvalue weighted by atomic mass is 32.1. The Morgan fingerprint density at radius 2 is 1.83 bits per heavy atom. The Morgan fingerprint density at radius 1 is 1.11 bits per heavy atom. The number of fused-ring (bicyclic) bond motifs is 2. The number of benzene rings is 1. The van der Waals surface area contributed by atoms with Crippen LogP contribution in [0.2, 0.25) is 0 Å². The van der Waals surface area contributed by atoms with E-state index in [1.807, 2.05) is 13.8 Å². The SMILES string of the molecule is CCOC(=O)c1sc2nc(COC(=O)c3nn(CC(C)C)c(=O)c4ccccc34)nc(N)c2c1C. The average molecular weight is 496 g/mol. The monoisotopic (exact) mass is 495 g/mol. The molecule has 35 heavy (non-hydrogen) atoms. The van der Waals surface area contributed by atoms with Gasteiger partial charge in [-0.25, -0.2) is 24.2 Å². The summed E-state index contributed by atoms with van der Waals surface area (Å²) < 4.78 is 11.8. The zero-order valence-corrected chi connectivity index (χ0v) is 20.6. The van der Waals surface area contributed by atoms with E-state index in [9.17, 15) is 14.4 Å². The molecule has 0 amide bonds. The van der Waals surface area contributed by atoms with Gasteiger partial charge in [-0.1, -0.05) is 32.0 Å². The van der Waals surface area contributed by atoms with E-state index >= 15 is 0 Å². The highest BCUT2D eigenvalue weighted by Crippen LogP contribution is 2.33. The van der Waals surface area contributed by atoms with Crippen molar-refractivity contribution < 1.29 is 19.1 Å². The van der Waals surface area contributed by atoms with E-state index < -0.39 is 11.9 Å². The summed E-state index contributed by atoms with van der Waals surface area (Å²) >= 11 is 1.15. The van der Waals surface area contributed by atoms with Gasteiger partial charge in [-0.3, -0.25) is 4.79 Å². The lowest BCUT2D eigenvalue weighted by Crippen LogP contribution is -2.28. The normalized spacial score (nSPS) is 11.3. The van der Waals surface area contributed by atoms with E-state index in [1.165, 1.54) is 4.68 Å². The van der Waals surface area contributed by atoms with Crippen LogP contribution >= 0.6 is 11.3 Å². The second-order valence-corrected chi connectivity index (χ2v) is 9.33. The third-order valence-corrected chi connectivity index (χ3v) is 6.42. The molecule has 1 aromatic carbocycles. The Kier molecular flexibility index (Phi) is 6.79. The molecule has 0 spiro atoms. The van der Waals surface area contributed by atoms with Crippen molar-refractivity contribution in [2.45, 2.75) is 40.8 Å². The van der Waals surface area contributed by atoms with E-state index in [0.29, 0.717) is 38.0 Å². The first kappa shape index (κ1) is 24.3. The molecule has 3 aromatic heterocycles. The van der Waals surface area contributed by atoms with Crippen molar-refractivity contribution in [1.29, 1.82) is 0 Å².